The maximum absolute atomic E-state index is 12.2. The number of primary amides is 1. The minimum absolute atomic E-state index is 0.0118. The van der Waals surface area contributed by atoms with Crippen LogP contribution in [0.2, 0.25) is 0 Å². The van der Waals surface area contributed by atoms with Crippen LogP contribution in [0, 0.1) is 0 Å². The lowest BCUT2D eigenvalue weighted by molar-refractivity contribution is -0.121. The van der Waals surface area contributed by atoms with E-state index >= 15 is 0 Å². The average molecular weight is 365 g/mol. The number of carbonyl (C=O) groups excluding carboxylic acids is 3. The number of ketones is 1. The molecule has 0 atom stereocenters. The second-order valence-corrected chi connectivity index (χ2v) is 5.89. The first-order valence-corrected chi connectivity index (χ1v) is 8.43. The summed E-state index contributed by atoms with van der Waals surface area (Å²) >= 11 is 0. The van der Waals surface area contributed by atoms with Crippen LogP contribution in [0.25, 0.3) is 10.9 Å². The molecule has 0 spiro atoms. The van der Waals surface area contributed by atoms with Gasteiger partial charge in [-0.3, -0.25) is 14.4 Å². The molecule has 7 heteroatoms. The molecular formula is C20H19N3O4. The number of fused-ring (bicyclic) bond motifs is 1. The third-order valence-corrected chi connectivity index (χ3v) is 4.01. The minimum Gasteiger partial charge on any atom is -0.492 e. The summed E-state index contributed by atoms with van der Waals surface area (Å²) in [5.74, 6) is -1.30. The van der Waals surface area contributed by atoms with Crippen molar-refractivity contribution in [2.24, 2.45) is 5.73 Å². The van der Waals surface area contributed by atoms with E-state index in [2.05, 4.69) is 5.32 Å². The summed E-state index contributed by atoms with van der Waals surface area (Å²) in [7, 11) is 0. The summed E-state index contributed by atoms with van der Waals surface area (Å²) in [6, 6.07) is 16.4. The Hall–Kier alpha value is -3.61. The third kappa shape index (κ3) is 4.33. The highest BCUT2D eigenvalue weighted by atomic mass is 16.5. The topological polar surface area (TPSA) is 103 Å². The molecule has 3 N–H and O–H groups in total. The molecule has 1 aromatic heterocycles. The summed E-state index contributed by atoms with van der Waals surface area (Å²) in [6.07, 6.45) is 1.48. The molecule has 27 heavy (non-hydrogen) atoms. The van der Waals surface area contributed by atoms with Gasteiger partial charge in [-0.15, -0.1) is 0 Å². The molecular weight excluding hydrogens is 346 g/mol. The third-order valence-electron chi connectivity index (χ3n) is 4.01. The Morgan fingerprint density at radius 3 is 2.44 bits per heavy atom. The number of rotatable bonds is 8. The molecule has 7 nitrogen and oxygen atoms in total. The Balaban J connectivity index is 1.63. The van der Waals surface area contributed by atoms with Crippen LogP contribution in [0.4, 0.5) is 0 Å². The SMILES string of the molecule is NC(=O)C(=O)c1cn(CC(=O)NCCOc2ccccc2)c2ccccc12. The zero-order valence-electron chi connectivity index (χ0n) is 14.6. The lowest BCUT2D eigenvalue weighted by atomic mass is 10.1. The number of amides is 2. The van der Waals surface area contributed by atoms with Crippen LogP contribution in [-0.2, 0) is 16.1 Å². The standard InChI is InChI=1S/C20H19N3O4/c21-20(26)19(25)16-12-23(17-9-5-4-8-15(16)17)13-18(24)22-10-11-27-14-6-2-1-3-7-14/h1-9,12H,10-11,13H2,(H2,21,26)(H,22,24). The number of carbonyl (C=O) groups is 3. The van der Waals surface area contributed by atoms with Crippen molar-refractivity contribution in [3.63, 3.8) is 0 Å². The maximum atomic E-state index is 12.2. The molecule has 0 saturated carbocycles. The van der Waals surface area contributed by atoms with Gasteiger partial charge in [-0.2, -0.15) is 0 Å². The molecule has 0 aliphatic heterocycles. The molecule has 1 heterocycles. The van der Waals surface area contributed by atoms with Crippen LogP contribution in [0.15, 0.2) is 60.8 Å². The van der Waals surface area contributed by atoms with Crippen molar-refractivity contribution in [2.45, 2.75) is 6.54 Å². The summed E-state index contributed by atoms with van der Waals surface area (Å²) in [5.41, 5.74) is 5.98. The zero-order chi connectivity index (χ0) is 19.2. The van der Waals surface area contributed by atoms with Crippen molar-refractivity contribution in [3.05, 3.63) is 66.4 Å². The van der Waals surface area contributed by atoms with Crippen molar-refractivity contribution in [3.8, 4) is 5.75 Å². The highest BCUT2D eigenvalue weighted by molar-refractivity contribution is 6.44. The quantitative estimate of drug-likeness (QED) is 0.359. The largest absolute Gasteiger partial charge is 0.492 e. The van der Waals surface area contributed by atoms with E-state index in [1.165, 1.54) is 6.20 Å². The summed E-state index contributed by atoms with van der Waals surface area (Å²) in [6.45, 7) is 0.700. The molecule has 2 amide bonds. The van der Waals surface area contributed by atoms with E-state index in [1.54, 1.807) is 28.8 Å². The van der Waals surface area contributed by atoms with E-state index in [1.807, 2.05) is 30.3 Å². The number of hydrogen-bond donors (Lipinski definition) is 2. The number of benzene rings is 2. The van der Waals surface area contributed by atoms with Gasteiger partial charge in [-0.1, -0.05) is 36.4 Å². The Bertz CT molecular complexity index is 979. The lowest BCUT2D eigenvalue weighted by Crippen LogP contribution is -2.31. The molecule has 2 aromatic carbocycles. The predicted molar refractivity (Wildman–Crippen MR) is 100 cm³/mol. The number of aromatic nitrogens is 1. The molecule has 0 aliphatic rings. The number of Topliss-reactive ketones (excluding diaryl/α,β-unsaturated/α-hetero) is 1. The van der Waals surface area contributed by atoms with E-state index < -0.39 is 11.7 Å². The van der Waals surface area contributed by atoms with Crippen molar-refractivity contribution >= 4 is 28.5 Å². The van der Waals surface area contributed by atoms with E-state index in [-0.39, 0.29) is 18.0 Å². The van der Waals surface area contributed by atoms with Crippen molar-refractivity contribution in [1.82, 2.24) is 9.88 Å². The van der Waals surface area contributed by atoms with Gasteiger partial charge in [0, 0.05) is 17.1 Å². The molecule has 0 radical (unpaired) electrons. The summed E-state index contributed by atoms with van der Waals surface area (Å²) in [4.78, 5) is 35.5. The van der Waals surface area contributed by atoms with Crippen molar-refractivity contribution < 1.29 is 19.1 Å². The van der Waals surface area contributed by atoms with Crippen LogP contribution in [0.5, 0.6) is 5.75 Å². The van der Waals surface area contributed by atoms with E-state index in [9.17, 15) is 14.4 Å². The van der Waals surface area contributed by atoms with E-state index in [4.69, 9.17) is 10.5 Å². The molecule has 138 valence electrons. The fourth-order valence-electron chi connectivity index (χ4n) is 2.78. The number of nitrogens with one attached hydrogen (secondary N) is 1. The normalized spacial score (nSPS) is 10.5. The molecule has 0 bridgehead atoms. The van der Waals surface area contributed by atoms with Gasteiger partial charge in [0.2, 0.25) is 5.91 Å². The smallest absolute Gasteiger partial charge is 0.289 e. The molecule has 3 rings (SSSR count). The minimum atomic E-state index is -1.03. The zero-order valence-corrected chi connectivity index (χ0v) is 14.6. The summed E-state index contributed by atoms with van der Waals surface area (Å²) < 4.78 is 7.15. The monoisotopic (exact) mass is 365 g/mol. The molecule has 0 fully saturated rings. The molecule has 0 aliphatic carbocycles. The highest BCUT2D eigenvalue weighted by Gasteiger charge is 2.19. The Labute approximate surface area is 155 Å². The number of nitrogens with two attached hydrogens (primary N) is 1. The highest BCUT2D eigenvalue weighted by Crippen LogP contribution is 2.21. The van der Waals surface area contributed by atoms with E-state index in [0.717, 1.165) is 5.75 Å². The van der Waals surface area contributed by atoms with Crippen LogP contribution in [0.1, 0.15) is 10.4 Å². The van der Waals surface area contributed by atoms with Crippen molar-refractivity contribution in [2.75, 3.05) is 13.2 Å². The Kier molecular flexibility index (Phi) is 5.51. The Morgan fingerprint density at radius 1 is 1.00 bits per heavy atom. The second kappa shape index (κ2) is 8.18. The molecule has 0 unspecified atom stereocenters. The van der Waals surface area contributed by atoms with Gasteiger partial charge in [0.1, 0.15) is 18.9 Å². The van der Waals surface area contributed by atoms with Gasteiger partial charge >= 0.3 is 0 Å². The first kappa shape index (κ1) is 18.2. The van der Waals surface area contributed by atoms with Gasteiger partial charge in [-0.05, 0) is 18.2 Å². The predicted octanol–water partition coefficient (Wildman–Crippen LogP) is 1.50. The van der Waals surface area contributed by atoms with Gasteiger partial charge in [0.05, 0.1) is 12.1 Å². The Morgan fingerprint density at radius 2 is 1.70 bits per heavy atom. The summed E-state index contributed by atoms with van der Waals surface area (Å²) in [5, 5.41) is 3.35. The average Bonchev–Trinajstić information content (AvgIpc) is 3.04. The van der Waals surface area contributed by atoms with Gasteiger partial charge < -0.3 is 20.4 Å². The number of hydrogen-bond acceptors (Lipinski definition) is 4. The lowest BCUT2D eigenvalue weighted by Gasteiger charge is -2.09. The van der Waals surface area contributed by atoms with Gasteiger partial charge in [0.25, 0.3) is 11.7 Å². The fourth-order valence-corrected chi connectivity index (χ4v) is 2.78. The van der Waals surface area contributed by atoms with Crippen molar-refractivity contribution in [1.29, 1.82) is 0 Å². The van der Waals surface area contributed by atoms with Crippen LogP contribution in [-0.4, -0.2) is 35.3 Å². The van der Waals surface area contributed by atoms with Crippen LogP contribution in [0.3, 0.4) is 0 Å². The first-order chi connectivity index (χ1) is 13.1. The fraction of sp³-hybridized carbons (Fsp3) is 0.150. The number of para-hydroxylation sites is 2. The van der Waals surface area contributed by atoms with Gasteiger partial charge in [-0.25, -0.2) is 0 Å². The van der Waals surface area contributed by atoms with E-state index in [0.29, 0.717) is 24.1 Å². The maximum Gasteiger partial charge on any atom is 0.289 e. The number of ether oxygens (including phenoxy) is 1. The molecule has 3 aromatic rings. The first-order valence-electron chi connectivity index (χ1n) is 8.43. The number of nitrogens with zero attached hydrogens (tertiary/aromatic N) is 1. The van der Waals surface area contributed by atoms with Gasteiger partial charge in [0.15, 0.2) is 0 Å². The molecule has 0 saturated heterocycles. The second-order valence-electron chi connectivity index (χ2n) is 5.89. The van der Waals surface area contributed by atoms with Crippen LogP contribution >= 0.6 is 0 Å². The van der Waals surface area contributed by atoms with Crippen LogP contribution < -0.4 is 15.8 Å².